The van der Waals surface area contributed by atoms with Crippen LogP contribution in [0.5, 0.6) is 0 Å². The quantitative estimate of drug-likeness (QED) is 0.795. The Kier molecular flexibility index (Phi) is 3.97. The van der Waals surface area contributed by atoms with Crippen molar-refractivity contribution < 1.29 is 13.9 Å². The summed E-state index contributed by atoms with van der Waals surface area (Å²) in [7, 11) is 5.09. The molecule has 5 heteroatoms. The van der Waals surface area contributed by atoms with Gasteiger partial charge < -0.3 is 9.64 Å². The largest absolute Gasteiger partial charge is 0.469 e. The SMILES string of the molecule is COC(=O)C1(C(c2cc(Br)ccc2F)N(C)C)CC1. The summed E-state index contributed by atoms with van der Waals surface area (Å²) < 4.78 is 19.8. The minimum atomic E-state index is -0.611. The molecule has 0 amide bonds. The van der Waals surface area contributed by atoms with Crippen molar-refractivity contribution in [2.75, 3.05) is 21.2 Å². The molecule has 0 aliphatic heterocycles. The maximum atomic E-state index is 14.1. The minimum Gasteiger partial charge on any atom is -0.469 e. The summed E-state index contributed by atoms with van der Waals surface area (Å²) in [6.07, 6.45) is 1.46. The number of rotatable bonds is 4. The third-order valence-electron chi connectivity index (χ3n) is 3.67. The molecule has 0 spiro atoms. The number of methoxy groups -OCH3 is 1. The van der Waals surface area contributed by atoms with Gasteiger partial charge in [0.2, 0.25) is 0 Å². The van der Waals surface area contributed by atoms with Crippen LogP contribution in [0.4, 0.5) is 4.39 Å². The van der Waals surface area contributed by atoms with Crippen LogP contribution in [0.25, 0.3) is 0 Å². The van der Waals surface area contributed by atoms with Gasteiger partial charge in [0.25, 0.3) is 0 Å². The molecular weight excluding hydrogens is 313 g/mol. The van der Waals surface area contributed by atoms with Crippen molar-refractivity contribution in [2.45, 2.75) is 18.9 Å². The summed E-state index contributed by atoms with van der Waals surface area (Å²) in [5.41, 5.74) is -0.0813. The molecular formula is C14H17BrFNO2. The van der Waals surface area contributed by atoms with E-state index >= 15 is 0 Å². The van der Waals surface area contributed by atoms with Crippen molar-refractivity contribution in [3.8, 4) is 0 Å². The normalized spacial score (nSPS) is 18.2. The van der Waals surface area contributed by atoms with Crippen molar-refractivity contribution in [1.29, 1.82) is 0 Å². The Morgan fingerprint density at radius 1 is 1.47 bits per heavy atom. The Labute approximate surface area is 120 Å². The molecule has 0 heterocycles. The molecule has 3 nitrogen and oxygen atoms in total. The van der Waals surface area contributed by atoms with Crippen molar-refractivity contribution in [3.05, 3.63) is 34.1 Å². The second-order valence-corrected chi connectivity index (χ2v) is 6.10. The first-order chi connectivity index (χ1) is 8.92. The number of nitrogens with zero attached hydrogens (tertiary/aromatic N) is 1. The van der Waals surface area contributed by atoms with E-state index in [-0.39, 0.29) is 17.8 Å². The van der Waals surface area contributed by atoms with Gasteiger partial charge in [0.1, 0.15) is 5.82 Å². The van der Waals surface area contributed by atoms with Crippen LogP contribution >= 0.6 is 15.9 Å². The number of hydrogen-bond acceptors (Lipinski definition) is 3. The highest BCUT2D eigenvalue weighted by Crippen LogP contribution is 2.58. The lowest BCUT2D eigenvalue weighted by Gasteiger charge is -2.31. The fraction of sp³-hybridized carbons (Fsp3) is 0.500. The van der Waals surface area contributed by atoms with Gasteiger partial charge in [-0.1, -0.05) is 15.9 Å². The zero-order chi connectivity index (χ0) is 14.2. The fourth-order valence-corrected chi connectivity index (χ4v) is 3.10. The summed E-state index contributed by atoms with van der Waals surface area (Å²) >= 11 is 3.35. The van der Waals surface area contributed by atoms with Crippen LogP contribution in [0.15, 0.2) is 22.7 Å². The zero-order valence-corrected chi connectivity index (χ0v) is 12.8. The highest BCUT2D eigenvalue weighted by molar-refractivity contribution is 9.10. The first-order valence-electron chi connectivity index (χ1n) is 6.12. The van der Waals surface area contributed by atoms with E-state index in [0.29, 0.717) is 5.56 Å². The topological polar surface area (TPSA) is 29.5 Å². The first-order valence-corrected chi connectivity index (χ1v) is 6.91. The molecule has 1 saturated carbocycles. The van der Waals surface area contributed by atoms with Gasteiger partial charge in [-0.15, -0.1) is 0 Å². The summed E-state index contributed by atoms with van der Waals surface area (Å²) in [5, 5.41) is 0. The molecule has 0 bridgehead atoms. The Bertz CT molecular complexity index is 500. The predicted molar refractivity (Wildman–Crippen MR) is 74.2 cm³/mol. The first kappa shape index (κ1) is 14.5. The van der Waals surface area contributed by atoms with Crippen LogP contribution in [-0.2, 0) is 9.53 Å². The molecule has 1 atom stereocenters. The average Bonchev–Trinajstić information content (AvgIpc) is 3.14. The van der Waals surface area contributed by atoms with Crippen LogP contribution in [0.1, 0.15) is 24.4 Å². The molecule has 19 heavy (non-hydrogen) atoms. The van der Waals surface area contributed by atoms with E-state index in [1.807, 2.05) is 19.0 Å². The molecule has 0 radical (unpaired) electrons. The van der Waals surface area contributed by atoms with E-state index in [1.165, 1.54) is 13.2 Å². The second-order valence-electron chi connectivity index (χ2n) is 5.18. The number of esters is 1. The highest BCUT2D eigenvalue weighted by Gasteiger charge is 2.58. The summed E-state index contributed by atoms with van der Waals surface area (Å²) in [6, 6.07) is 4.51. The van der Waals surface area contributed by atoms with Crippen LogP contribution in [-0.4, -0.2) is 32.1 Å². The lowest BCUT2D eigenvalue weighted by molar-refractivity contribution is -0.150. The van der Waals surface area contributed by atoms with Crippen molar-refractivity contribution >= 4 is 21.9 Å². The molecule has 1 unspecified atom stereocenters. The Balaban J connectivity index is 2.47. The van der Waals surface area contributed by atoms with Crippen LogP contribution in [0.2, 0.25) is 0 Å². The lowest BCUT2D eigenvalue weighted by atomic mass is 9.88. The maximum absolute atomic E-state index is 14.1. The number of benzene rings is 1. The summed E-state index contributed by atoms with van der Waals surface area (Å²) in [6.45, 7) is 0. The van der Waals surface area contributed by atoms with Crippen molar-refractivity contribution in [1.82, 2.24) is 4.90 Å². The number of halogens is 2. The third kappa shape index (κ3) is 2.54. The third-order valence-corrected chi connectivity index (χ3v) is 4.17. The lowest BCUT2D eigenvalue weighted by Crippen LogP contribution is -2.35. The van der Waals surface area contributed by atoms with Gasteiger partial charge in [0.05, 0.1) is 18.6 Å². The smallest absolute Gasteiger partial charge is 0.313 e. The summed E-state index contributed by atoms with van der Waals surface area (Å²) in [4.78, 5) is 13.9. The van der Waals surface area contributed by atoms with E-state index in [0.717, 1.165) is 17.3 Å². The summed E-state index contributed by atoms with van der Waals surface area (Å²) in [5.74, 6) is -0.553. The Morgan fingerprint density at radius 2 is 2.11 bits per heavy atom. The molecule has 1 aromatic carbocycles. The molecule has 2 rings (SSSR count). The van der Waals surface area contributed by atoms with Gasteiger partial charge in [-0.05, 0) is 45.1 Å². The van der Waals surface area contributed by atoms with E-state index in [9.17, 15) is 9.18 Å². The average molecular weight is 330 g/mol. The van der Waals surface area contributed by atoms with Crippen molar-refractivity contribution in [3.63, 3.8) is 0 Å². The predicted octanol–water partition coefficient (Wildman–Crippen LogP) is 3.14. The molecule has 1 aliphatic carbocycles. The molecule has 1 fully saturated rings. The zero-order valence-electron chi connectivity index (χ0n) is 11.2. The van der Waals surface area contributed by atoms with E-state index in [4.69, 9.17) is 4.74 Å². The van der Waals surface area contributed by atoms with Gasteiger partial charge in [0.15, 0.2) is 0 Å². The van der Waals surface area contributed by atoms with Crippen molar-refractivity contribution in [2.24, 2.45) is 5.41 Å². The van der Waals surface area contributed by atoms with Gasteiger partial charge in [-0.25, -0.2) is 4.39 Å². The van der Waals surface area contributed by atoms with Crippen LogP contribution in [0.3, 0.4) is 0 Å². The molecule has 104 valence electrons. The maximum Gasteiger partial charge on any atom is 0.313 e. The number of carbonyl (C=O) groups excluding carboxylic acids is 1. The molecule has 0 saturated heterocycles. The van der Waals surface area contributed by atoms with E-state index < -0.39 is 5.41 Å². The molecule has 0 aromatic heterocycles. The van der Waals surface area contributed by atoms with Gasteiger partial charge in [0, 0.05) is 10.0 Å². The molecule has 0 N–H and O–H groups in total. The van der Waals surface area contributed by atoms with Crippen LogP contribution < -0.4 is 0 Å². The number of ether oxygens (including phenoxy) is 1. The fourth-order valence-electron chi connectivity index (χ4n) is 2.72. The van der Waals surface area contributed by atoms with Gasteiger partial charge in [-0.2, -0.15) is 0 Å². The second kappa shape index (κ2) is 5.21. The molecule has 1 aliphatic rings. The number of hydrogen-bond donors (Lipinski definition) is 0. The minimum absolute atomic E-state index is 0.259. The Morgan fingerprint density at radius 3 is 2.58 bits per heavy atom. The molecule has 1 aromatic rings. The van der Waals surface area contributed by atoms with Gasteiger partial charge in [-0.3, -0.25) is 4.79 Å². The number of carbonyl (C=O) groups is 1. The standard InChI is InChI=1S/C14H17BrFNO2/c1-17(2)12(14(6-7-14)13(18)19-3)10-8-9(15)4-5-11(10)16/h4-5,8,12H,6-7H2,1-3H3. The van der Waals surface area contributed by atoms with Crippen LogP contribution in [0, 0.1) is 11.2 Å². The van der Waals surface area contributed by atoms with E-state index in [2.05, 4.69) is 15.9 Å². The highest BCUT2D eigenvalue weighted by atomic mass is 79.9. The Hall–Kier alpha value is -0.940. The van der Waals surface area contributed by atoms with E-state index in [1.54, 1.807) is 12.1 Å². The van der Waals surface area contributed by atoms with Gasteiger partial charge >= 0.3 is 5.97 Å². The monoisotopic (exact) mass is 329 g/mol.